The van der Waals surface area contributed by atoms with Crippen molar-refractivity contribution >= 4 is 16.0 Å². The summed E-state index contributed by atoms with van der Waals surface area (Å²) < 4.78 is 27.0. The van der Waals surface area contributed by atoms with Gasteiger partial charge < -0.3 is 5.11 Å². The molecule has 0 unspecified atom stereocenters. The summed E-state index contributed by atoms with van der Waals surface area (Å²) in [6.07, 6.45) is 2.62. The Labute approximate surface area is 139 Å². The van der Waals surface area contributed by atoms with Crippen LogP contribution in [-0.4, -0.2) is 28.5 Å². The van der Waals surface area contributed by atoms with Gasteiger partial charge in [-0.3, -0.25) is 4.98 Å². The van der Waals surface area contributed by atoms with Crippen LogP contribution in [0.4, 0.5) is 0 Å². The zero-order valence-electron chi connectivity index (χ0n) is 12.7. The number of carboxylic acids is 1. The van der Waals surface area contributed by atoms with Crippen molar-refractivity contribution in [3.05, 3.63) is 72.2 Å². The second-order valence-electron chi connectivity index (χ2n) is 5.17. The molecule has 6 nitrogen and oxygen atoms in total. The minimum atomic E-state index is -3.97. The second-order valence-corrected chi connectivity index (χ2v) is 6.96. The Hall–Kier alpha value is -2.93. The molecule has 1 aromatic carbocycles. The molecule has 1 N–H and O–H groups in total. The van der Waals surface area contributed by atoms with Crippen molar-refractivity contribution in [2.75, 3.05) is 0 Å². The van der Waals surface area contributed by atoms with Crippen LogP contribution >= 0.6 is 0 Å². The van der Waals surface area contributed by atoms with E-state index >= 15 is 0 Å². The van der Waals surface area contributed by atoms with Gasteiger partial charge in [0.05, 0.1) is 17.0 Å². The van der Waals surface area contributed by atoms with E-state index in [-0.39, 0.29) is 16.2 Å². The molecule has 0 bridgehead atoms. The maximum absolute atomic E-state index is 13.0. The van der Waals surface area contributed by atoms with Gasteiger partial charge in [-0.2, -0.15) is 0 Å². The third kappa shape index (κ3) is 2.69. The highest BCUT2D eigenvalue weighted by atomic mass is 32.2. The monoisotopic (exact) mass is 342 g/mol. The summed E-state index contributed by atoms with van der Waals surface area (Å²) >= 11 is 0. The fraction of sp³-hybridized carbons (Fsp3) is 0.0588. The first-order chi connectivity index (χ1) is 11.4. The van der Waals surface area contributed by atoms with Crippen LogP contribution in [0.1, 0.15) is 16.1 Å². The molecule has 0 aliphatic rings. The highest BCUT2D eigenvalue weighted by molar-refractivity contribution is 7.90. The van der Waals surface area contributed by atoms with Crippen LogP contribution in [0.2, 0.25) is 0 Å². The van der Waals surface area contributed by atoms with Crippen LogP contribution in [0.3, 0.4) is 0 Å². The Bertz CT molecular complexity index is 1010. The zero-order chi connectivity index (χ0) is 17.3. The summed E-state index contributed by atoms with van der Waals surface area (Å²) in [5.41, 5.74) is 1.15. The number of aryl methyl sites for hydroxylation is 1. The second kappa shape index (κ2) is 5.93. The molecule has 0 radical (unpaired) electrons. The maximum Gasteiger partial charge on any atom is 0.337 e. The average Bonchev–Trinajstić information content (AvgIpc) is 3.02. The normalized spacial score (nSPS) is 11.4. The predicted molar refractivity (Wildman–Crippen MR) is 88.4 cm³/mol. The molecule has 0 aliphatic carbocycles. The van der Waals surface area contributed by atoms with Gasteiger partial charge in [0, 0.05) is 12.4 Å². The third-order valence-corrected chi connectivity index (χ3v) is 5.41. The molecular formula is C17H14N2O4S. The summed E-state index contributed by atoms with van der Waals surface area (Å²) in [6, 6.07) is 13.1. The first kappa shape index (κ1) is 15.9. The molecule has 0 saturated heterocycles. The van der Waals surface area contributed by atoms with Gasteiger partial charge in [0.25, 0.3) is 10.0 Å². The molecule has 2 heterocycles. The van der Waals surface area contributed by atoms with E-state index in [4.69, 9.17) is 0 Å². The van der Waals surface area contributed by atoms with E-state index in [1.807, 2.05) is 0 Å². The van der Waals surface area contributed by atoms with E-state index in [1.54, 1.807) is 37.3 Å². The Morgan fingerprint density at radius 3 is 2.46 bits per heavy atom. The van der Waals surface area contributed by atoms with Crippen LogP contribution in [0.15, 0.2) is 65.8 Å². The predicted octanol–water partition coefficient (Wildman–Crippen LogP) is 2.79. The van der Waals surface area contributed by atoms with Crippen molar-refractivity contribution in [1.82, 2.24) is 8.96 Å². The Balaban J connectivity index is 2.28. The number of rotatable bonds is 4. The number of aromatic carboxylic acids is 1. The molecule has 0 aliphatic heterocycles. The van der Waals surface area contributed by atoms with Crippen LogP contribution in [0.5, 0.6) is 0 Å². The molecule has 0 amide bonds. The van der Waals surface area contributed by atoms with Gasteiger partial charge in [0.1, 0.15) is 4.90 Å². The van der Waals surface area contributed by atoms with Crippen LogP contribution in [0.25, 0.3) is 11.3 Å². The number of benzene rings is 1. The Morgan fingerprint density at radius 1 is 1.12 bits per heavy atom. The van der Waals surface area contributed by atoms with Crippen molar-refractivity contribution in [3.8, 4) is 11.3 Å². The molecule has 3 rings (SSSR count). The average molecular weight is 342 g/mol. The van der Waals surface area contributed by atoms with Gasteiger partial charge in [-0.25, -0.2) is 17.2 Å². The summed E-state index contributed by atoms with van der Waals surface area (Å²) in [5.74, 6) is -1.19. The van der Waals surface area contributed by atoms with Crippen LogP contribution in [0, 0.1) is 6.92 Å². The molecule has 7 heteroatoms. The summed E-state index contributed by atoms with van der Waals surface area (Å²) in [6.45, 7) is 1.59. The largest absolute Gasteiger partial charge is 0.478 e. The topological polar surface area (TPSA) is 89.3 Å². The number of pyridine rings is 1. The smallest absolute Gasteiger partial charge is 0.337 e. The van der Waals surface area contributed by atoms with Crippen molar-refractivity contribution in [1.29, 1.82) is 0 Å². The van der Waals surface area contributed by atoms with Gasteiger partial charge >= 0.3 is 5.97 Å². The fourth-order valence-corrected chi connectivity index (χ4v) is 3.99. The lowest BCUT2D eigenvalue weighted by atomic mass is 10.1. The first-order valence-electron chi connectivity index (χ1n) is 7.09. The molecule has 3 aromatic rings. The summed E-state index contributed by atoms with van der Waals surface area (Å²) in [7, 11) is -3.97. The van der Waals surface area contributed by atoms with E-state index in [1.165, 1.54) is 24.4 Å². The Morgan fingerprint density at radius 2 is 1.83 bits per heavy atom. The fourth-order valence-electron chi connectivity index (χ4n) is 2.43. The first-order valence-corrected chi connectivity index (χ1v) is 8.53. The van der Waals surface area contributed by atoms with E-state index in [9.17, 15) is 18.3 Å². The molecule has 24 heavy (non-hydrogen) atoms. The molecule has 2 aromatic heterocycles. The number of carboxylic acid groups (broad SMARTS) is 1. The zero-order valence-corrected chi connectivity index (χ0v) is 13.6. The van der Waals surface area contributed by atoms with Gasteiger partial charge in [-0.05, 0) is 30.7 Å². The summed E-state index contributed by atoms with van der Waals surface area (Å²) in [5, 5.41) is 9.24. The lowest BCUT2D eigenvalue weighted by molar-refractivity contribution is 0.0697. The lowest BCUT2D eigenvalue weighted by Gasteiger charge is -2.11. The Kier molecular flexibility index (Phi) is 3.94. The molecule has 0 saturated carbocycles. The third-order valence-electron chi connectivity index (χ3n) is 3.60. The molecule has 122 valence electrons. The number of carbonyl (C=O) groups is 1. The maximum atomic E-state index is 13.0. The number of nitrogens with zero attached hydrogens (tertiary/aromatic N) is 2. The standard InChI is InChI=1S/C17H14N2O4S/c1-12-16(8-5-9-18-12)24(22,23)19-11-14(17(20)21)10-15(19)13-6-3-2-4-7-13/h2-11H,1H3,(H,20,21). The quantitative estimate of drug-likeness (QED) is 0.787. The minimum absolute atomic E-state index is 0.0368. The van der Waals surface area contributed by atoms with Crippen LogP contribution < -0.4 is 0 Å². The summed E-state index contributed by atoms with van der Waals surface area (Å²) in [4.78, 5) is 15.4. The van der Waals surface area contributed by atoms with E-state index in [0.717, 1.165) is 10.2 Å². The van der Waals surface area contributed by atoms with Gasteiger partial charge in [-0.1, -0.05) is 30.3 Å². The van der Waals surface area contributed by atoms with Crippen molar-refractivity contribution in [3.63, 3.8) is 0 Å². The van der Waals surface area contributed by atoms with Crippen molar-refractivity contribution in [2.24, 2.45) is 0 Å². The van der Waals surface area contributed by atoms with E-state index < -0.39 is 16.0 Å². The van der Waals surface area contributed by atoms with Gasteiger partial charge in [-0.15, -0.1) is 0 Å². The SMILES string of the molecule is Cc1ncccc1S(=O)(=O)n1cc(C(=O)O)cc1-c1ccccc1. The molecule has 0 fully saturated rings. The van der Waals surface area contributed by atoms with Crippen molar-refractivity contribution < 1.29 is 18.3 Å². The van der Waals surface area contributed by atoms with E-state index in [0.29, 0.717) is 11.3 Å². The molecule has 0 atom stereocenters. The van der Waals surface area contributed by atoms with Crippen LogP contribution in [-0.2, 0) is 10.0 Å². The lowest BCUT2D eigenvalue weighted by Crippen LogP contribution is -2.15. The highest BCUT2D eigenvalue weighted by Crippen LogP contribution is 2.27. The van der Waals surface area contributed by atoms with Crippen molar-refractivity contribution in [2.45, 2.75) is 11.8 Å². The van der Waals surface area contributed by atoms with E-state index in [2.05, 4.69) is 4.98 Å². The highest BCUT2D eigenvalue weighted by Gasteiger charge is 2.25. The van der Waals surface area contributed by atoms with Gasteiger partial charge in [0.15, 0.2) is 0 Å². The number of aromatic nitrogens is 2. The molecular weight excluding hydrogens is 328 g/mol. The molecule has 0 spiro atoms. The number of hydrogen-bond acceptors (Lipinski definition) is 4. The number of hydrogen-bond donors (Lipinski definition) is 1. The van der Waals surface area contributed by atoms with Gasteiger partial charge in [0.2, 0.25) is 0 Å². The minimum Gasteiger partial charge on any atom is -0.478 e.